The minimum absolute atomic E-state index is 0.318. The average molecular weight is 348 g/mol. The Morgan fingerprint density at radius 2 is 2.14 bits per heavy atom. The van der Waals surface area contributed by atoms with Crippen LogP contribution < -0.4 is 14.8 Å². The first kappa shape index (κ1) is 14.4. The van der Waals surface area contributed by atoms with E-state index >= 15 is 0 Å². The van der Waals surface area contributed by atoms with Crippen LogP contribution in [0.3, 0.4) is 0 Å². The van der Waals surface area contributed by atoms with Gasteiger partial charge in [0.25, 0.3) is 0 Å². The summed E-state index contributed by atoms with van der Waals surface area (Å²) in [5, 5.41) is 3.62. The summed E-state index contributed by atoms with van der Waals surface area (Å²) < 4.78 is 12.2. The summed E-state index contributed by atoms with van der Waals surface area (Å²) in [5.41, 5.74) is 2.38. The van der Waals surface area contributed by atoms with E-state index < -0.39 is 0 Å². The fraction of sp³-hybridized carbons (Fsp3) is 0.294. The van der Waals surface area contributed by atoms with Gasteiger partial charge >= 0.3 is 0 Å². The van der Waals surface area contributed by atoms with Gasteiger partial charge in [-0.3, -0.25) is 0 Å². The molecule has 0 radical (unpaired) electrons. The Morgan fingerprint density at radius 3 is 3.00 bits per heavy atom. The molecular formula is C17H18BrNO2. The van der Waals surface area contributed by atoms with Crippen LogP contribution in [-0.4, -0.2) is 13.7 Å². The van der Waals surface area contributed by atoms with Crippen LogP contribution in [0.25, 0.3) is 0 Å². The van der Waals surface area contributed by atoms with Crippen LogP contribution in [0, 0.1) is 0 Å². The first-order valence-corrected chi connectivity index (χ1v) is 7.85. The van der Waals surface area contributed by atoms with E-state index in [4.69, 9.17) is 9.47 Å². The van der Waals surface area contributed by atoms with Gasteiger partial charge in [0.05, 0.1) is 13.7 Å². The number of nitrogens with one attached hydrogen (secondary N) is 1. The number of methoxy groups -OCH3 is 1. The van der Waals surface area contributed by atoms with Crippen molar-refractivity contribution in [1.29, 1.82) is 0 Å². The van der Waals surface area contributed by atoms with Crippen LogP contribution in [0.5, 0.6) is 11.5 Å². The Hall–Kier alpha value is -1.52. The molecule has 0 aromatic heterocycles. The molecule has 1 atom stereocenters. The summed E-state index contributed by atoms with van der Waals surface area (Å²) in [4.78, 5) is 0. The smallest absolute Gasteiger partial charge is 0.124 e. The molecule has 4 heteroatoms. The van der Waals surface area contributed by atoms with E-state index in [0.717, 1.165) is 41.1 Å². The molecule has 21 heavy (non-hydrogen) atoms. The van der Waals surface area contributed by atoms with E-state index in [9.17, 15) is 0 Å². The lowest BCUT2D eigenvalue weighted by Crippen LogP contribution is -2.26. The fourth-order valence-electron chi connectivity index (χ4n) is 2.67. The van der Waals surface area contributed by atoms with E-state index in [1.165, 1.54) is 5.56 Å². The van der Waals surface area contributed by atoms with Gasteiger partial charge in [-0.25, -0.2) is 0 Å². The summed E-state index contributed by atoms with van der Waals surface area (Å²) in [6.07, 6.45) is 0.979. The van der Waals surface area contributed by atoms with Crippen LogP contribution in [-0.2, 0) is 6.54 Å². The fourth-order valence-corrected chi connectivity index (χ4v) is 3.08. The summed E-state index contributed by atoms with van der Waals surface area (Å²) in [5.74, 6) is 1.90. The maximum absolute atomic E-state index is 5.70. The van der Waals surface area contributed by atoms with E-state index in [2.05, 4.69) is 39.4 Å². The first-order valence-electron chi connectivity index (χ1n) is 7.05. The number of hydrogen-bond acceptors (Lipinski definition) is 3. The van der Waals surface area contributed by atoms with Gasteiger partial charge in [-0.2, -0.15) is 0 Å². The van der Waals surface area contributed by atoms with Crippen molar-refractivity contribution in [2.75, 3.05) is 13.7 Å². The van der Waals surface area contributed by atoms with Crippen molar-refractivity contribution < 1.29 is 9.47 Å². The zero-order chi connectivity index (χ0) is 14.7. The Bertz CT molecular complexity index is 630. The van der Waals surface area contributed by atoms with Crippen molar-refractivity contribution in [3.05, 3.63) is 58.1 Å². The third-order valence-electron chi connectivity index (χ3n) is 3.74. The predicted octanol–water partition coefficient (Wildman–Crippen LogP) is 4.07. The van der Waals surface area contributed by atoms with Crippen LogP contribution >= 0.6 is 15.9 Å². The lowest BCUT2D eigenvalue weighted by Gasteiger charge is -2.27. The largest absolute Gasteiger partial charge is 0.496 e. The molecule has 0 fully saturated rings. The maximum atomic E-state index is 5.70. The topological polar surface area (TPSA) is 30.5 Å². The predicted molar refractivity (Wildman–Crippen MR) is 86.8 cm³/mol. The zero-order valence-corrected chi connectivity index (χ0v) is 13.5. The number of para-hydroxylation sites is 1. The SMILES string of the molecule is COc1ccc(Br)cc1CN[C@@H]1CCOc2ccccc21. The van der Waals surface area contributed by atoms with Crippen molar-refractivity contribution in [3.63, 3.8) is 0 Å². The highest BCUT2D eigenvalue weighted by atomic mass is 79.9. The normalized spacial score (nSPS) is 17.0. The van der Waals surface area contributed by atoms with Crippen LogP contribution in [0.15, 0.2) is 46.9 Å². The highest BCUT2D eigenvalue weighted by Crippen LogP contribution is 2.32. The Kier molecular flexibility index (Phi) is 4.46. The summed E-state index contributed by atoms with van der Waals surface area (Å²) in [7, 11) is 1.70. The summed E-state index contributed by atoms with van der Waals surface area (Å²) >= 11 is 3.51. The van der Waals surface area contributed by atoms with Gasteiger partial charge in [-0.1, -0.05) is 34.1 Å². The summed E-state index contributed by atoms with van der Waals surface area (Å²) in [6, 6.07) is 14.6. The zero-order valence-electron chi connectivity index (χ0n) is 11.9. The second-order valence-corrected chi connectivity index (χ2v) is 5.98. The molecule has 0 unspecified atom stereocenters. The molecule has 2 aromatic carbocycles. The minimum Gasteiger partial charge on any atom is -0.496 e. The molecule has 0 aliphatic carbocycles. The molecule has 2 aromatic rings. The Morgan fingerprint density at radius 1 is 1.29 bits per heavy atom. The molecule has 0 saturated carbocycles. The van der Waals surface area contributed by atoms with E-state index in [-0.39, 0.29) is 0 Å². The molecule has 1 aliphatic rings. The lowest BCUT2D eigenvalue weighted by molar-refractivity contribution is 0.252. The standard InChI is InChI=1S/C17H18BrNO2/c1-20-16-7-6-13(18)10-12(16)11-19-15-8-9-21-17-5-3-2-4-14(15)17/h2-7,10,15,19H,8-9,11H2,1H3/t15-/m1/s1. The van der Waals surface area contributed by atoms with Crippen molar-refractivity contribution >= 4 is 15.9 Å². The number of benzene rings is 2. The molecule has 3 rings (SSSR count). The minimum atomic E-state index is 0.318. The maximum Gasteiger partial charge on any atom is 0.124 e. The van der Waals surface area contributed by atoms with E-state index in [0.29, 0.717) is 6.04 Å². The first-order chi connectivity index (χ1) is 10.3. The molecule has 0 bridgehead atoms. The van der Waals surface area contributed by atoms with Crippen molar-refractivity contribution in [2.45, 2.75) is 19.0 Å². The number of fused-ring (bicyclic) bond motifs is 1. The highest BCUT2D eigenvalue weighted by molar-refractivity contribution is 9.10. The molecule has 1 N–H and O–H groups in total. The highest BCUT2D eigenvalue weighted by Gasteiger charge is 2.20. The summed E-state index contributed by atoms with van der Waals surface area (Å²) in [6.45, 7) is 1.52. The van der Waals surface area contributed by atoms with Gasteiger partial charge in [0.2, 0.25) is 0 Å². The van der Waals surface area contributed by atoms with Gasteiger partial charge < -0.3 is 14.8 Å². The second kappa shape index (κ2) is 6.50. The second-order valence-electron chi connectivity index (χ2n) is 5.06. The van der Waals surface area contributed by atoms with Gasteiger partial charge in [-0.15, -0.1) is 0 Å². The number of ether oxygens (including phenoxy) is 2. The number of halogens is 1. The van der Waals surface area contributed by atoms with Gasteiger partial charge in [-0.05, 0) is 24.3 Å². The Balaban J connectivity index is 1.76. The van der Waals surface area contributed by atoms with Crippen LogP contribution in [0.4, 0.5) is 0 Å². The molecule has 1 aliphatic heterocycles. The van der Waals surface area contributed by atoms with Crippen molar-refractivity contribution in [3.8, 4) is 11.5 Å². The lowest BCUT2D eigenvalue weighted by atomic mass is 10.0. The number of hydrogen-bond donors (Lipinski definition) is 1. The van der Waals surface area contributed by atoms with E-state index in [1.807, 2.05) is 24.3 Å². The van der Waals surface area contributed by atoms with Gasteiger partial charge in [0.15, 0.2) is 0 Å². The van der Waals surface area contributed by atoms with Gasteiger partial charge in [0.1, 0.15) is 11.5 Å². The van der Waals surface area contributed by atoms with Gasteiger partial charge in [0, 0.05) is 34.6 Å². The molecule has 3 nitrogen and oxygen atoms in total. The third kappa shape index (κ3) is 3.22. The van der Waals surface area contributed by atoms with Crippen molar-refractivity contribution in [2.24, 2.45) is 0 Å². The molecule has 1 heterocycles. The Labute approximate surface area is 133 Å². The third-order valence-corrected chi connectivity index (χ3v) is 4.23. The van der Waals surface area contributed by atoms with Crippen LogP contribution in [0.1, 0.15) is 23.6 Å². The molecule has 110 valence electrons. The number of rotatable bonds is 4. The van der Waals surface area contributed by atoms with E-state index in [1.54, 1.807) is 7.11 Å². The van der Waals surface area contributed by atoms with Crippen LogP contribution in [0.2, 0.25) is 0 Å². The molecular weight excluding hydrogens is 330 g/mol. The molecule has 0 saturated heterocycles. The average Bonchev–Trinajstić information content (AvgIpc) is 2.53. The molecule has 0 amide bonds. The van der Waals surface area contributed by atoms with Crippen molar-refractivity contribution in [1.82, 2.24) is 5.32 Å². The quantitative estimate of drug-likeness (QED) is 0.904. The monoisotopic (exact) mass is 347 g/mol. The molecule has 0 spiro atoms.